The summed E-state index contributed by atoms with van der Waals surface area (Å²) in [6.45, 7) is 5.40. The van der Waals surface area contributed by atoms with Crippen LogP contribution in [0.15, 0.2) is 12.3 Å². The van der Waals surface area contributed by atoms with Crippen LogP contribution in [0.1, 0.15) is 43.4 Å². The lowest BCUT2D eigenvalue weighted by Gasteiger charge is -2.53. The minimum atomic E-state index is -0.352. The van der Waals surface area contributed by atoms with E-state index < -0.39 is 0 Å². The molecule has 146 valence electrons. The predicted molar refractivity (Wildman–Crippen MR) is 108 cm³/mol. The van der Waals surface area contributed by atoms with Gasteiger partial charge in [0.1, 0.15) is 16.4 Å². The van der Waals surface area contributed by atoms with Crippen molar-refractivity contribution < 1.29 is 4.74 Å². The molecule has 1 spiro atoms. The molecule has 2 aromatic rings. The van der Waals surface area contributed by atoms with Gasteiger partial charge in [-0.15, -0.1) is 0 Å². The zero-order valence-corrected chi connectivity index (χ0v) is 17.1. The van der Waals surface area contributed by atoms with Crippen LogP contribution in [-0.4, -0.2) is 39.1 Å². The first-order valence-electron chi connectivity index (χ1n) is 9.82. The number of aryl methyl sites for hydroxylation is 2. The Kier molecular flexibility index (Phi) is 4.07. The first-order chi connectivity index (χ1) is 13.5. The van der Waals surface area contributed by atoms with Crippen LogP contribution in [0.3, 0.4) is 0 Å². The molecular weight excluding hydrogens is 372 g/mol. The van der Waals surface area contributed by atoms with Crippen LogP contribution in [0.5, 0.6) is 0 Å². The molecule has 1 aliphatic heterocycles. The van der Waals surface area contributed by atoms with Crippen LogP contribution in [0.25, 0.3) is 0 Å². The molecule has 1 saturated heterocycles. The maximum absolute atomic E-state index is 9.32. The van der Waals surface area contributed by atoms with Gasteiger partial charge >= 0.3 is 0 Å². The second kappa shape index (κ2) is 6.39. The molecule has 28 heavy (non-hydrogen) atoms. The van der Waals surface area contributed by atoms with E-state index >= 15 is 0 Å². The van der Waals surface area contributed by atoms with Gasteiger partial charge in [0, 0.05) is 11.8 Å². The Labute approximate surface area is 168 Å². The number of ether oxygens (including phenoxy) is 1. The summed E-state index contributed by atoms with van der Waals surface area (Å²) in [7, 11) is 0. The van der Waals surface area contributed by atoms with Gasteiger partial charge in [-0.25, -0.2) is 4.98 Å². The second-order valence-electron chi connectivity index (χ2n) is 8.68. The maximum atomic E-state index is 9.32. The van der Waals surface area contributed by atoms with Crippen LogP contribution in [0.4, 0.5) is 16.8 Å². The van der Waals surface area contributed by atoms with Crippen molar-refractivity contribution in [3.8, 4) is 6.07 Å². The molecule has 7 nitrogen and oxygen atoms in total. The van der Waals surface area contributed by atoms with E-state index in [-0.39, 0.29) is 5.60 Å². The van der Waals surface area contributed by atoms with Gasteiger partial charge in [-0.3, -0.25) is 0 Å². The van der Waals surface area contributed by atoms with Gasteiger partial charge < -0.3 is 15.0 Å². The lowest BCUT2D eigenvalue weighted by molar-refractivity contribution is -0.152. The Bertz CT molecular complexity index is 932. The second-order valence-corrected chi connectivity index (χ2v) is 9.48. The number of hydrogen-bond donors (Lipinski definition) is 1. The lowest BCUT2D eigenvalue weighted by atomic mass is 9.78. The zero-order valence-electron chi connectivity index (χ0n) is 16.2. The van der Waals surface area contributed by atoms with Crippen molar-refractivity contribution in [1.29, 1.82) is 5.26 Å². The van der Waals surface area contributed by atoms with Crippen LogP contribution in [0.2, 0.25) is 0 Å². The van der Waals surface area contributed by atoms with Crippen molar-refractivity contribution in [2.45, 2.75) is 57.7 Å². The highest BCUT2D eigenvalue weighted by molar-refractivity contribution is 7.10. The van der Waals surface area contributed by atoms with Gasteiger partial charge in [0.15, 0.2) is 0 Å². The van der Waals surface area contributed by atoms with Crippen molar-refractivity contribution in [1.82, 2.24) is 14.3 Å². The number of aromatic nitrogens is 3. The molecule has 0 amide bonds. The number of hydrogen-bond acceptors (Lipinski definition) is 8. The lowest BCUT2D eigenvalue weighted by Crippen LogP contribution is -2.65. The predicted octanol–water partition coefficient (Wildman–Crippen LogP) is 3.73. The number of nitriles is 1. The van der Waals surface area contributed by atoms with E-state index in [0.29, 0.717) is 37.0 Å². The molecule has 2 aliphatic carbocycles. The average molecular weight is 397 g/mol. The summed E-state index contributed by atoms with van der Waals surface area (Å²) >= 11 is 1.40. The number of nitrogens with one attached hydrogen (secondary N) is 1. The van der Waals surface area contributed by atoms with E-state index in [9.17, 15) is 5.26 Å². The van der Waals surface area contributed by atoms with E-state index in [0.717, 1.165) is 22.1 Å². The number of rotatable bonds is 6. The first-order valence-corrected chi connectivity index (χ1v) is 10.6. The molecule has 5 rings (SSSR count). The third-order valence-corrected chi connectivity index (χ3v) is 6.96. The Morgan fingerprint density at radius 3 is 2.79 bits per heavy atom. The van der Waals surface area contributed by atoms with Crippen LogP contribution in [0, 0.1) is 30.6 Å². The van der Waals surface area contributed by atoms with E-state index in [2.05, 4.69) is 25.6 Å². The molecule has 8 heteroatoms. The SMILES string of the molecule is Cc1cc(Nc2ncc(C)c(N3CC(CC#N)(OC4CC5(CC5)C4)C3)n2)sn1. The van der Waals surface area contributed by atoms with Crippen LogP contribution < -0.4 is 10.2 Å². The largest absolute Gasteiger partial charge is 0.367 e. The van der Waals surface area contributed by atoms with Crippen LogP contribution >= 0.6 is 11.5 Å². The Morgan fingerprint density at radius 2 is 2.14 bits per heavy atom. The highest BCUT2D eigenvalue weighted by atomic mass is 32.1. The Morgan fingerprint density at radius 1 is 1.36 bits per heavy atom. The summed E-state index contributed by atoms with van der Waals surface area (Å²) < 4.78 is 10.7. The summed E-state index contributed by atoms with van der Waals surface area (Å²) in [5.74, 6) is 1.47. The van der Waals surface area contributed by atoms with Gasteiger partial charge in [-0.1, -0.05) is 0 Å². The smallest absolute Gasteiger partial charge is 0.229 e. The molecule has 0 atom stereocenters. The summed E-state index contributed by atoms with van der Waals surface area (Å²) in [5.41, 5.74) is 2.26. The Balaban J connectivity index is 1.27. The quantitative estimate of drug-likeness (QED) is 0.796. The molecule has 1 N–H and O–H groups in total. The monoisotopic (exact) mass is 396 g/mol. The number of nitrogens with zero attached hydrogens (tertiary/aromatic N) is 5. The topological polar surface area (TPSA) is 87.0 Å². The van der Waals surface area contributed by atoms with Gasteiger partial charge in [-0.05, 0) is 62.5 Å². The minimum absolute atomic E-state index is 0.330. The molecule has 3 aliphatic rings. The van der Waals surface area contributed by atoms with Gasteiger partial charge in [0.2, 0.25) is 5.95 Å². The average Bonchev–Trinajstić information content (AvgIpc) is 3.29. The van der Waals surface area contributed by atoms with Crippen molar-refractivity contribution in [3.63, 3.8) is 0 Å². The molecular formula is C20H24N6OS. The molecule has 0 aromatic carbocycles. The fraction of sp³-hybridized carbons (Fsp3) is 0.600. The fourth-order valence-electron chi connectivity index (χ4n) is 4.45. The van der Waals surface area contributed by atoms with Gasteiger partial charge in [-0.2, -0.15) is 14.6 Å². The third kappa shape index (κ3) is 3.23. The molecule has 3 fully saturated rings. The summed E-state index contributed by atoms with van der Waals surface area (Å²) in [6, 6.07) is 4.31. The molecule has 0 bridgehead atoms. The van der Waals surface area contributed by atoms with E-state index in [1.807, 2.05) is 26.1 Å². The molecule has 3 heterocycles. The minimum Gasteiger partial charge on any atom is -0.367 e. The summed E-state index contributed by atoms with van der Waals surface area (Å²) in [6.07, 6.45) is 7.67. The molecule has 0 radical (unpaired) electrons. The summed E-state index contributed by atoms with van der Waals surface area (Å²) in [4.78, 5) is 11.3. The normalized spacial score (nSPS) is 21.7. The highest BCUT2D eigenvalue weighted by Crippen LogP contribution is 2.62. The fourth-order valence-corrected chi connectivity index (χ4v) is 5.10. The van der Waals surface area contributed by atoms with Gasteiger partial charge in [0.25, 0.3) is 0 Å². The van der Waals surface area contributed by atoms with Crippen LogP contribution in [-0.2, 0) is 4.74 Å². The Hall–Kier alpha value is -2.24. The number of anilines is 3. The van der Waals surface area contributed by atoms with E-state index in [1.54, 1.807) is 0 Å². The third-order valence-electron chi connectivity index (χ3n) is 6.16. The zero-order chi connectivity index (χ0) is 19.4. The summed E-state index contributed by atoms with van der Waals surface area (Å²) in [5, 5.41) is 13.5. The van der Waals surface area contributed by atoms with E-state index in [4.69, 9.17) is 9.72 Å². The highest BCUT2D eigenvalue weighted by Gasteiger charge is 2.56. The van der Waals surface area contributed by atoms with Crippen molar-refractivity contribution in [2.75, 3.05) is 23.3 Å². The van der Waals surface area contributed by atoms with E-state index in [1.165, 1.54) is 37.2 Å². The van der Waals surface area contributed by atoms with Crippen molar-refractivity contribution in [3.05, 3.63) is 23.5 Å². The van der Waals surface area contributed by atoms with Crippen molar-refractivity contribution in [2.24, 2.45) is 5.41 Å². The van der Waals surface area contributed by atoms with Crippen molar-refractivity contribution >= 4 is 28.3 Å². The molecule has 2 aromatic heterocycles. The first kappa shape index (κ1) is 17.8. The molecule has 0 unspecified atom stereocenters. The van der Waals surface area contributed by atoms with Gasteiger partial charge in [0.05, 0.1) is 37.4 Å². The maximum Gasteiger partial charge on any atom is 0.229 e. The molecule has 2 saturated carbocycles. The standard InChI is InChI=1S/C20H24N6OS/c1-13-10-22-18(23-16-7-14(2)25-28-16)24-17(13)26-11-20(12-26,5-6-21)27-15-8-19(9-15)3-4-19/h7,10,15H,3-5,8-9,11-12H2,1-2H3,(H,22,23,24).